The Kier molecular flexibility index (Phi) is 5.19. The van der Waals surface area contributed by atoms with Crippen molar-refractivity contribution in [3.63, 3.8) is 0 Å². The van der Waals surface area contributed by atoms with Crippen molar-refractivity contribution in [2.24, 2.45) is 10.7 Å². The number of methoxy groups -OCH3 is 2. The van der Waals surface area contributed by atoms with E-state index < -0.39 is 5.92 Å². The van der Waals surface area contributed by atoms with Crippen LogP contribution in [0.2, 0.25) is 0 Å². The summed E-state index contributed by atoms with van der Waals surface area (Å²) in [4.78, 5) is 21.7. The number of ether oxygens (including phenoxy) is 2. The van der Waals surface area contributed by atoms with Crippen molar-refractivity contribution in [2.45, 2.75) is 50.9 Å². The fraction of sp³-hybridized carbons (Fsp3) is 0.370. The maximum absolute atomic E-state index is 13.5. The monoisotopic (exact) mass is 486 g/mol. The van der Waals surface area contributed by atoms with E-state index in [0.29, 0.717) is 40.7 Å². The lowest BCUT2D eigenvalue weighted by Crippen LogP contribution is -2.38. The molecule has 6 rings (SSSR count). The minimum absolute atomic E-state index is 0.0863. The van der Waals surface area contributed by atoms with Crippen molar-refractivity contribution < 1.29 is 14.3 Å². The van der Waals surface area contributed by atoms with E-state index in [2.05, 4.69) is 11.0 Å². The second-order valence-corrected chi connectivity index (χ2v) is 10.3. The first kappa shape index (κ1) is 21.9. The number of aryl methyl sites for hydroxylation is 1. The van der Waals surface area contributed by atoms with Gasteiger partial charge in [-0.3, -0.25) is 9.69 Å². The molecule has 0 unspecified atom stereocenters. The molecular weight excluding hydrogens is 460 g/mol. The van der Waals surface area contributed by atoms with E-state index in [1.165, 1.54) is 16.9 Å². The van der Waals surface area contributed by atoms with Crippen LogP contribution in [0.1, 0.15) is 59.6 Å². The summed E-state index contributed by atoms with van der Waals surface area (Å²) < 4.78 is 10.9. The van der Waals surface area contributed by atoms with E-state index in [1.807, 2.05) is 18.2 Å². The Morgan fingerprint density at radius 2 is 1.91 bits per heavy atom. The standard InChI is InChI=1S/C27H26N4O3S/c1-33-19-11-10-14(12-20(19)34-2)22-16(13-28)26-30-25(29)23-15-6-3-4-9-21(15)35-27(23)31(26)17-7-5-8-18(32)24(17)22/h10-12,22H,3-9H2,1-2H3,(H2,29,30)/t22-/m0/s1. The lowest BCUT2D eigenvalue weighted by Gasteiger charge is -2.41. The highest BCUT2D eigenvalue weighted by Crippen LogP contribution is 2.53. The number of benzene rings is 1. The van der Waals surface area contributed by atoms with E-state index in [4.69, 9.17) is 20.2 Å². The van der Waals surface area contributed by atoms with Crippen LogP contribution >= 0.6 is 11.3 Å². The number of nitriles is 1. The molecule has 2 aliphatic carbocycles. The topological polar surface area (TPSA) is 101 Å². The molecule has 3 heterocycles. The fourth-order valence-electron chi connectivity index (χ4n) is 5.88. The van der Waals surface area contributed by atoms with Gasteiger partial charge < -0.3 is 15.2 Å². The first-order chi connectivity index (χ1) is 17.1. The van der Waals surface area contributed by atoms with Crippen LogP contribution in [0.4, 0.5) is 5.00 Å². The number of aliphatic imine (C=N–C) groups is 1. The minimum Gasteiger partial charge on any atom is -0.493 e. The molecule has 0 saturated heterocycles. The molecule has 0 saturated carbocycles. The van der Waals surface area contributed by atoms with Crippen LogP contribution in [0, 0.1) is 11.3 Å². The SMILES string of the molecule is COc1ccc([C@H]2C(C#N)=C3N=C(N)c4c(sc5c4CCCC5)N3C3=C2C(=O)CCC3)cc1OC. The third kappa shape index (κ3) is 3.15. The molecule has 4 aliphatic rings. The van der Waals surface area contributed by atoms with Gasteiger partial charge in [0.15, 0.2) is 23.1 Å². The number of nitrogens with zero attached hydrogens (tertiary/aromatic N) is 3. The highest BCUT2D eigenvalue weighted by molar-refractivity contribution is 7.17. The summed E-state index contributed by atoms with van der Waals surface area (Å²) >= 11 is 1.74. The second kappa shape index (κ2) is 8.28. The Bertz CT molecular complexity index is 1410. The van der Waals surface area contributed by atoms with E-state index in [-0.39, 0.29) is 5.78 Å². The molecule has 8 heteroatoms. The molecular formula is C27H26N4O3S. The number of carbonyl (C=O) groups is 1. The number of thiophene rings is 1. The largest absolute Gasteiger partial charge is 0.493 e. The van der Waals surface area contributed by atoms with Crippen LogP contribution in [0.15, 0.2) is 45.9 Å². The van der Waals surface area contributed by atoms with E-state index >= 15 is 0 Å². The summed E-state index contributed by atoms with van der Waals surface area (Å²) in [6.07, 6.45) is 6.36. The molecule has 0 radical (unpaired) electrons. The van der Waals surface area contributed by atoms with Gasteiger partial charge in [-0.1, -0.05) is 6.07 Å². The van der Waals surface area contributed by atoms with Crippen LogP contribution in [-0.4, -0.2) is 25.8 Å². The normalized spacial score (nSPS) is 20.9. The van der Waals surface area contributed by atoms with Gasteiger partial charge in [0.2, 0.25) is 0 Å². The highest BCUT2D eigenvalue weighted by atomic mass is 32.1. The van der Waals surface area contributed by atoms with Gasteiger partial charge in [-0.05, 0) is 61.8 Å². The first-order valence-corrected chi connectivity index (χ1v) is 12.8. The van der Waals surface area contributed by atoms with Crippen molar-refractivity contribution in [1.82, 2.24) is 0 Å². The number of fused-ring (bicyclic) bond motifs is 6. The molecule has 2 N–H and O–H groups in total. The van der Waals surface area contributed by atoms with Gasteiger partial charge in [-0.2, -0.15) is 5.26 Å². The Morgan fingerprint density at radius 3 is 2.69 bits per heavy atom. The fourth-order valence-corrected chi connectivity index (χ4v) is 7.31. The molecule has 0 spiro atoms. The zero-order valence-corrected chi connectivity index (χ0v) is 20.6. The predicted molar refractivity (Wildman–Crippen MR) is 135 cm³/mol. The maximum Gasteiger partial charge on any atom is 0.161 e. The summed E-state index contributed by atoms with van der Waals surface area (Å²) in [6.45, 7) is 0. The number of Topliss-reactive ketones (excluding diaryl/α,β-unsaturated/α-hetero) is 1. The van der Waals surface area contributed by atoms with E-state index in [1.54, 1.807) is 25.6 Å². The summed E-state index contributed by atoms with van der Waals surface area (Å²) in [5.74, 6) is 1.72. The molecule has 1 atom stereocenters. The van der Waals surface area contributed by atoms with Crippen molar-refractivity contribution >= 4 is 28.0 Å². The van der Waals surface area contributed by atoms with Crippen LogP contribution in [0.25, 0.3) is 0 Å². The smallest absolute Gasteiger partial charge is 0.161 e. The van der Waals surface area contributed by atoms with E-state index in [9.17, 15) is 10.1 Å². The van der Waals surface area contributed by atoms with Gasteiger partial charge >= 0.3 is 0 Å². The van der Waals surface area contributed by atoms with Crippen molar-refractivity contribution in [3.8, 4) is 17.6 Å². The Hall–Kier alpha value is -3.57. The van der Waals surface area contributed by atoms with Crippen LogP contribution in [-0.2, 0) is 17.6 Å². The molecule has 0 bridgehead atoms. The summed E-state index contributed by atoms with van der Waals surface area (Å²) in [7, 11) is 3.16. The van der Waals surface area contributed by atoms with Crippen molar-refractivity contribution in [2.75, 3.05) is 19.1 Å². The van der Waals surface area contributed by atoms with Gasteiger partial charge in [0.05, 0.1) is 37.3 Å². The second-order valence-electron chi connectivity index (χ2n) is 9.26. The molecule has 2 aliphatic heterocycles. The zero-order valence-electron chi connectivity index (χ0n) is 19.8. The first-order valence-electron chi connectivity index (χ1n) is 12.0. The lowest BCUT2D eigenvalue weighted by atomic mass is 9.75. The average molecular weight is 487 g/mol. The number of ketones is 1. The summed E-state index contributed by atoms with van der Waals surface area (Å²) in [5.41, 5.74) is 11.7. The summed E-state index contributed by atoms with van der Waals surface area (Å²) in [5, 5.41) is 11.4. The number of hydrogen-bond donors (Lipinski definition) is 1. The van der Waals surface area contributed by atoms with Crippen molar-refractivity contribution in [3.05, 3.63) is 62.4 Å². The molecule has 2 aromatic rings. The number of rotatable bonds is 3. The Balaban J connectivity index is 1.62. The Labute approximate surface area is 208 Å². The number of amidine groups is 1. The minimum atomic E-state index is -0.526. The molecule has 1 aromatic carbocycles. The number of allylic oxidation sites excluding steroid dienone is 3. The highest BCUT2D eigenvalue weighted by Gasteiger charge is 2.44. The number of hydrogen-bond acceptors (Lipinski definition) is 8. The van der Waals surface area contributed by atoms with Crippen LogP contribution in [0.5, 0.6) is 11.5 Å². The maximum atomic E-state index is 13.5. The average Bonchev–Trinajstić information content (AvgIpc) is 3.27. The Morgan fingerprint density at radius 1 is 1.11 bits per heavy atom. The van der Waals surface area contributed by atoms with Gasteiger partial charge in [0.1, 0.15) is 10.8 Å². The third-order valence-corrected chi connectivity index (χ3v) is 8.71. The quantitative estimate of drug-likeness (QED) is 0.674. The van der Waals surface area contributed by atoms with Gasteiger partial charge in [-0.15, -0.1) is 11.3 Å². The summed E-state index contributed by atoms with van der Waals surface area (Å²) in [6, 6.07) is 7.98. The van der Waals surface area contributed by atoms with Gasteiger partial charge in [0.25, 0.3) is 0 Å². The van der Waals surface area contributed by atoms with Crippen LogP contribution in [0.3, 0.4) is 0 Å². The zero-order chi connectivity index (χ0) is 24.3. The number of anilines is 1. The molecule has 0 fully saturated rings. The molecule has 35 heavy (non-hydrogen) atoms. The third-order valence-electron chi connectivity index (χ3n) is 7.43. The van der Waals surface area contributed by atoms with Gasteiger partial charge in [-0.25, -0.2) is 4.99 Å². The lowest BCUT2D eigenvalue weighted by molar-refractivity contribution is -0.116. The van der Waals surface area contributed by atoms with Gasteiger partial charge in [0, 0.05) is 22.6 Å². The molecule has 7 nitrogen and oxygen atoms in total. The molecule has 0 amide bonds. The van der Waals surface area contributed by atoms with E-state index in [0.717, 1.165) is 53.9 Å². The number of carbonyl (C=O) groups excluding carboxylic acids is 1. The van der Waals surface area contributed by atoms with Crippen LogP contribution < -0.4 is 20.1 Å². The molecule has 1 aromatic heterocycles. The number of nitrogens with two attached hydrogens (primary N) is 1. The predicted octanol–water partition coefficient (Wildman–Crippen LogP) is 4.71. The van der Waals surface area contributed by atoms with Crippen molar-refractivity contribution in [1.29, 1.82) is 5.26 Å². The molecule has 178 valence electrons.